The molecular weight excluding hydrogens is 270 g/mol. The maximum Gasteiger partial charge on any atom is 0.328 e. The molecule has 0 spiro atoms. The minimum absolute atomic E-state index is 0.102. The summed E-state index contributed by atoms with van der Waals surface area (Å²) in [4.78, 5) is 23.8. The van der Waals surface area contributed by atoms with Crippen LogP contribution in [0, 0.1) is 5.92 Å². The van der Waals surface area contributed by atoms with Crippen molar-refractivity contribution < 1.29 is 19.1 Å². The minimum atomic E-state index is -0.539. The van der Waals surface area contributed by atoms with Crippen molar-refractivity contribution in [3.63, 3.8) is 0 Å². The number of nitrogens with one attached hydrogen (secondary N) is 1. The van der Waals surface area contributed by atoms with E-state index in [-0.39, 0.29) is 17.8 Å². The van der Waals surface area contributed by atoms with Gasteiger partial charge < -0.3 is 14.8 Å². The predicted octanol–water partition coefficient (Wildman–Crippen LogP) is 2.21. The van der Waals surface area contributed by atoms with E-state index in [1.54, 1.807) is 0 Å². The van der Waals surface area contributed by atoms with Gasteiger partial charge in [-0.2, -0.15) is 0 Å². The first-order valence-corrected chi connectivity index (χ1v) is 7.76. The van der Waals surface area contributed by atoms with E-state index < -0.39 is 6.04 Å². The Morgan fingerprint density at radius 1 is 1.38 bits per heavy atom. The van der Waals surface area contributed by atoms with E-state index >= 15 is 0 Å². The topological polar surface area (TPSA) is 64.6 Å². The van der Waals surface area contributed by atoms with Gasteiger partial charge in [-0.1, -0.05) is 25.3 Å². The Bertz CT molecular complexity index is 337. The smallest absolute Gasteiger partial charge is 0.328 e. The molecule has 120 valence electrons. The summed E-state index contributed by atoms with van der Waals surface area (Å²) in [5.41, 5.74) is 0. The molecule has 1 fully saturated rings. The molecule has 0 bridgehead atoms. The van der Waals surface area contributed by atoms with Crippen LogP contribution in [0.5, 0.6) is 0 Å². The fourth-order valence-electron chi connectivity index (χ4n) is 2.41. The molecule has 5 heteroatoms. The molecular formula is C16H27NO4. The molecule has 0 aromatic heterocycles. The van der Waals surface area contributed by atoms with Crippen molar-refractivity contribution in [2.45, 2.75) is 51.0 Å². The SMILES string of the molecule is C=CCCCCCC[C@H](NC(=O)[C@H]1CCOC1)C(=O)OC. The predicted molar refractivity (Wildman–Crippen MR) is 80.8 cm³/mol. The summed E-state index contributed by atoms with van der Waals surface area (Å²) >= 11 is 0. The van der Waals surface area contributed by atoms with E-state index in [0.29, 0.717) is 19.6 Å². The summed E-state index contributed by atoms with van der Waals surface area (Å²) in [6, 6.07) is -0.539. The van der Waals surface area contributed by atoms with Crippen LogP contribution in [-0.4, -0.2) is 38.2 Å². The third-order valence-electron chi connectivity index (χ3n) is 3.75. The zero-order valence-corrected chi connectivity index (χ0v) is 12.9. The van der Waals surface area contributed by atoms with Gasteiger partial charge in [0.25, 0.3) is 0 Å². The molecule has 1 N–H and O–H groups in total. The molecule has 5 nitrogen and oxygen atoms in total. The second kappa shape index (κ2) is 10.4. The molecule has 2 atom stereocenters. The molecule has 0 radical (unpaired) electrons. The summed E-state index contributed by atoms with van der Waals surface area (Å²) < 4.78 is 9.97. The van der Waals surface area contributed by atoms with E-state index in [1.807, 2.05) is 6.08 Å². The fourth-order valence-corrected chi connectivity index (χ4v) is 2.41. The summed E-state index contributed by atoms with van der Waals surface area (Å²) in [6.45, 7) is 4.75. The number of allylic oxidation sites excluding steroid dienone is 1. The van der Waals surface area contributed by atoms with Crippen LogP contribution in [-0.2, 0) is 19.1 Å². The highest BCUT2D eigenvalue weighted by molar-refractivity contribution is 5.85. The Morgan fingerprint density at radius 2 is 2.14 bits per heavy atom. The standard InChI is InChI=1S/C16H27NO4/c1-3-4-5-6-7-8-9-14(16(19)20-2)17-15(18)13-10-11-21-12-13/h3,13-14H,1,4-12H2,2H3,(H,17,18)/t13-,14-/m0/s1. The number of rotatable bonds is 10. The van der Waals surface area contributed by atoms with Gasteiger partial charge in [-0.05, 0) is 25.7 Å². The molecule has 0 aromatic rings. The van der Waals surface area contributed by atoms with E-state index in [9.17, 15) is 9.59 Å². The van der Waals surface area contributed by atoms with Gasteiger partial charge in [0.15, 0.2) is 0 Å². The number of ether oxygens (including phenoxy) is 2. The normalized spacial score (nSPS) is 19.0. The third-order valence-corrected chi connectivity index (χ3v) is 3.75. The number of amides is 1. The van der Waals surface area contributed by atoms with Crippen LogP contribution in [0.1, 0.15) is 44.9 Å². The van der Waals surface area contributed by atoms with Crippen LogP contribution >= 0.6 is 0 Å². The maximum absolute atomic E-state index is 12.0. The maximum atomic E-state index is 12.0. The molecule has 21 heavy (non-hydrogen) atoms. The van der Waals surface area contributed by atoms with E-state index in [2.05, 4.69) is 11.9 Å². The quantitative estimate of drug-likeness (QED) is 0.381. The van der Waals surface area contributed by atoms with Crippen LogP contribution in [0.3, 0.4) is 0 Å². The van der Waals surface area contributed by atoms with Gasteiger partial charge >= 0.3 is 5.97 Å². The Balaban J connectivity index is 2.31. The average molecular weight is 297 g/mol. The van der Waals surface area contributed by atoms with Crippen molar-refractivity contribution in [3.05, 3.63) is 12.7 Å². The van der Waals surface area contributed by atoms with Crippen molar-refractivity contribution in [1.82, 2.24) is 5.32 Å². The second-order valence-electron chi connectivity index (χ2n) is 5.43. The van der Waals surface area contributed by atoms with Gasteiger partial charge in [0.1, 0.15) is 6.04 Å². The Kier molecular flexibility index (Phi) is 8.74. The monoisotopic (exact) mass is 297 g/mol. The Labute approximate surface area is 127 Å². The molecule has 1 aliphatic heterocycles. The van der Waals surface area contributed by atoms with E-state index in [0.717, 1.165) is 38.5 Å². The number of esters is 1. The van der Waals surface area contributed by atoms with Gasteiger partial charge in [-0.3, -0.25) is 4.79 Å². The largest absolute Gasteiger partial charge is 0.467 e. The van der Waals surface area contributed by atoms with E-state index in [1.165, 1.54) is 7.11 Å². The lowest BCUT2D eigenvalue weighted by atomic mass is 10.0. The highest BCUT2D eigenvalue weighted by atomic mass is 16.5. The van der Waals surface area contributed by atoms with Gasteiger partial charge in [0.2, 0.25) is 5.91 Å². The zero-order chi connectivity index (χ0) is 15.5. The van der Waals surface area contributed by atoms with Gasteiger partial charge in [-0.25, -0.2) is 4.79 Å². The number of carbonyl (C=O) groups excluding carboxylic acids is 2. The molecule has 1 heterocycles. The van der Waals surface area contributed by atoms with Crippen LogP contribution in [0.4, 0.5) is 0 Å². The average Bonchev–Trinajstić information content (AvgIpc) is 3.03. The van der Waals surface area contributed by atoms with Gasteiger partial charge in [0, 0.05) is 6.61 Å². The lowest BCUT2D eigenvalue weighted by Gasteiger charge is -2.18. The first-order chi connectivity index (χ1) is 10.2. The van der Waals surface area contributed by atoms with Crippen molar-refractivity contribution in [3.8, 4) is 0 Å². The summed E-state index contributed by atoms with van der Waals surface area (Å²) in [7, 11) is 1.35. The van der Waals surface area contributed by atoms with E-state index in [4.69, 9.17) is 9.47 Å². The number of unbranched alkanes of at least 4 members (excludes halogenated alkanes) is 4. The molecule has 0 aromatic carbocycles. The van der Waals surface area contributed by atoms with Crippen molar-refractivity contribution in [2.24, 2.45) is 5.92 Å². The van der Waals surface area contributed by atoms with Crippen molar-refractivity contribution in [2.75, 3.05) is 20.3 Å². The summed E-state index contributed by atoms with van der Waals surface area (Å²) in [6.07, 6.45) is 8.48. The zero-order valence-electron chi connectivity index (χ0n) is 12.9. The Morgan fingerprint density at radius 3 is 2.76 bits per heavy atom. The minimum Gasteiger partial charge on any atom is -0.467 e. The molecule has 0 unspecified atom stereocenters. The lowest BCUT2D eigenvalue weighted by molar-refractivity contribution is -0.145. The number of hydrogen-bond acceptors (Lipinski definition) is 4. The van der Waals surface area contributed by atoms with Crippen LogP contribution < -0.4 is 5.32 Å². The number of carbonyl (C=O) groups is 2. The van der Waals surface area contributed by atoms with Crippen LogP contribution in [0.15, 0.2) is 12.7 Å². The molecule has 1 amide bonds. The lowest BCUT2D eigenvalue weighted by Crippen LogP contribution is -2.44. The Hall–Kier alpha value is -1.36. The van der Waals surface area contributed by atoms with Crippen LogP contribution in [0.2, 0.25) is 0 Å². The third kappa shape index (κ3) is 6.76. The summed E-state index contributed by atoms with van der Waals surface area (Å²) in [5.74, 6) is -0.604. The summed E-state index contributed by atoms with van der Waals surface area (Å²) in [5, 5.41) is 2.80. The van der Waals surface area contributed by atoms with Crippen LogP contribution in [0.25, 0.3) is 0 Å². The molecule has 1 aliphatic rings. The molecule has 0 aliphatic carbocycles. The van der Waals surface area contributed by atoms with Gasteiger partial charge in [-0.15, -0.1) is 6.58 Å². The molecule has 1 saturated heterocycles. The second-order valence-corrected chi connectivity index (χ2v) is 5.43. The first kappa shape index (κ1) is 17.7. The highest BCUT2D eigenvalue weighted by Crippen LogP contribution is 2.14. The van der Waals surface area contributed by atoms with Crippen molar-refractivity contribution in [1.29, 1.82) is 0 Å². The first-order valence-electron chi connectivity index (χ1n) is 7.76. The highest BCUT2D eigenvalue weighted by Gasteiger charge is 2.28. The molecule has 1 rings (SSSR count). The molecule has 0 saturated carbocycles. The number of methoxy groups -OCH3 is 1. The number of hydrogen-bond donors (Lipinski definition) is 1. The van der Waals surface area contributed by atoms with Crippen molar-refractivity contribution >= 4 is 11.9 Å². The van der Waals surface area contributed by atoms with Gasteiger partial charge in [0.05, 0.1) is 19.6 Å². The fraction of sp³-hybridized carbons (Fsp3) is 0.750.